The van der Waals surface area contributed by atoms with Crippen LogP contribution in [0.15, 0.2) is 66.7 Å². The Morgan fingerprint density at radius 2 is 1.88 bits per heavy atom. The van der Waals surface area contributed by atoms with Gasteiger partial charge in [0.15, 0.2) is 11.5 Å². The molecular formula is C26H23FN2O4. The fourth-order valence-electron chi connectivity index (χ4n) is 4.04. The van der Waals surface area contributed by atoms with Gasteiger partial charge in [-0.2, -0.15) is 0 Å². The maximum absolute atomic E-state index is 13.8. The zero-order valence-electron chi connectivity index (χ0n) is 18.1. The van der Waals surface area contributed by atoms with Crippen LogP contribution in [0.3, 0.4) is 0 Å². The van der Waals surface area contributed by atoms with Gasteiger partial charge in [-0.1, -0.05) is 24.3 Å². The summed E-state index contributed by atoms with van der Waals surface area (Å²) in [5, 5.41) is 3.82. The third-order valence-corrected chi connectivity index (χ3v) is 5.56. The van der Waals surface area contributed by atoms with Crippen molar-refractivity contribution in [2.24, 2.45) is 0 Å². The van der Waals surface area contributed by atoms with Gasteiger partial charge >= 0.3 is 0 Å². The lowest BCUT2D eigenvalue weighted by Crippen LogP contribution is -2.25. The number of halogens is 1. The highest BCUT2D eigenvalue weighted by atomic mass is 19.1. The highest BCUT2D eigenvalue weighted by Crippen LogP contribution is 2.33. The van der Waals surface area contributed by atoms with Crippen LogP contribution in [0.4, 0.5) is 4.39 Å². The molecule has 2 heterocycles. The van der Waals surface area contributed by atoms with Crippen molar-refractivity contribution in [3.8, 4) is 17.2 Å². The molecule has 0 aliphatic carbocycles. The van der Waals surface area contributed by atoms with Crippen molar-refractivity contribution >= 4 is 16.8 Å². The number of nitrogens with zero attached hydrogens (tertiary/aromatic N) is 1. The number of carbonyl (C=O) groups is 1. The molecule has 4 aromatic rings. The fraction of sp³-hybridized carbons (Fsp3) is 0.192. The van der Waals surface area contributed by atoms with Gasteiger partial charge in [-0.15, -0.1) is 0 Å². The molecule has 0 bridgehead atoms. The van der Waals surface area contributed by atoms with Crippen molar-refractivity contribution in [1.29, 1.82) is 0 Å². The second-order valence-electron chi connectivity index (χ2n) is 7.74. The van der Waals surface area contributed by atoms with E-state index in [-0.39, 0.29) is 18.5 Å². The van der Waals surface area contributed by atoms with Crippen molar-refractivity contribution in [1.82, 2.24) is 9.88 Å². The Labute approximate surface area is 190 Å². The van der Waals surface area contributed by atoms with Crippen LogP contribution < -0.4 is 19.5 Å². The topological polar surface area (TPSA) is 61.7 Å². The lowest BCUT2D eigenvalue weighted by Gasteiger charge is -2.12. The Morgan fingerprint density at radius 1 is 1.03 bits per heavy atom. The van der Waals surface area contributed by atoms with E-state index in [1.165, 1.54) is 12.1 Å². The Bertz CT molecular complexity index is 1330. The van der Waals surface area contributed by atoms with Gasteiger partial charge in [0.25, 0.3) is 5.91 Å². The summed E-state index contributed by atoms with van der Waals surface area (Å²) in [4.78, 5) is 13.3. The summed E-state index contributed by atoms with van der Waals surface area (Å²) in [6.07, 6.45) is 0. The molecule has 6 nitrogen and oxygen atoms in total. The van der Waals surface area contributed by atoms with Crippen molar-refractivity contribution in [2.45, 2.75) is 20.0 Å². The summed E-state index contributed by atoms with van der Waals surface area (Å²) >= 11 is 0. The van der Waals surface area contributed by atoms with Crippen molar-refractivity contribution < 1.29 is 23.4 Å². The van der Waals surface area contributed by atoms with Gasteiger partial charge < -0.3 is 24.1 Å². The summed E-state index contributed by atoms with van der Waals surface area (Å²) in [6.45, 7) is 3.31. The van der Waals surface area contributed by atoms with Crippen LogP contribution in [0.5, 0.6) is 17.2 Å². The van der Waals surface area contributed by atoms with Gasteiger partial charge in [0.1, 0.15) is 17.3 Å². The predicted molar refractivity (Wildman–Crippen MR) is 122 cm³/mol. The average molecular weight is 446 g/mol. The van der Waals surface area contributed by atoms with E-state index in [2.05, 4.69) is 5.32 Å². The highest BCUT2D eigenvalue weighted by molar-refractivity contribution is 6.00. The van der Waals surface area contributed by atoms with Gasteiger partial charge in [0, 0.05) is 18.5 Å². The minimum absolute atomic E-state index is 0.202. The minimum atomic E-state index is -0.312. The molecule has 1 aromatic heterocycles. The van der Waals surface area contributed by atoms with Gasteiger partial charge in [-0.05, 0) is 60.5 Å². The van der Waals surface area contributed by atoms with Crippen LogP contribution in [-0.2, 0) is 13.1 Å². The molecule has 7 heteroatoms. The smallest absolute Gasteiger partial charge is 0.268 e. The van der Waals surface area contributed by atoms with Crippen LogP contribution in [-0.4, -0.2) is 23.9 Å². The van der Waals surface area contributed by atoms with Crippen LogP contribution in [0.1, 0.15) is 28.5 Å². The second kappa shape index (κ2) is 8.86. The number of rotatable bonds is 7. The van der Waals surface area contributed by atoms with E-state index in [0.29, 0.717) is 42.6 Å². The largest absolute Gasteiger partial charge is 0.493 e. The van der Waals surface area contributed by atoms with Crippen LogP contribution in [0.2, 0.25) is 0 Å². The standard InChI is InChI=1S/C26H23FN2O4/c1-2-31-23-8-4-7-21-20(23)13-22(29(21)15-18-5-3-6-19(27)11-18)26(30)28-14-17-9-10-24-25(12-17)33-16-32-24/h3-13H,2,14-16H2,1H3,(H,28,30). The molecule has 33 heavy (non-hydrogen) atoms. The van der Waals surface area contributed by atoms with E-state index < -0.39 is 0 Å². The maximum atomic E-state index is 13.8. The third-order valence-electron chi connectivity index (χ3n) is 5.56. The van der Waals surface area contributed by atoms with E-state index in [0.717, 1.165) is 22.0 Å². The molecule has 1 N–H and O–H groups in total. The minimum Gasteiger partial charge on any atom is -0.493 e. The Hall–Kier alpha value is -4.00. The Kier molecular flexibility index (Phi) is 5.60. The molecule has 1 amide bonds. The van der Waals surface area contributed by atoms with E-state index in [4.69, 9.17) is 14.2 Å². The molecule has 0 fully saturated rings. The summed E-state index contributed by atoms with van der Waals surface area (Å²) in [7, 11) is 0. The lowest BCUT2D eigenvalue weighted by atomic mass is 10.2. The first kappa shape index (κ1) is 20.9. The second-order valence-corrected chi connectivity index (χ2v) is 7.74. The van der Waals surface area contributed by atoms with Crippen LogP contribution in [0.25, 0.3) is 10.9 Å². The summed E-state index contributed by atoms with van der Waals surface area (Å²) < 4.78 is 32.2. The number of nitrogens with one attached hydrogen (secondary N) is 1. The van der Waals surface area contributed by atoms with E-state index in [1.807, 2.05) is 60.0 Å². The van der Waals surface area contributed by atoms with Gasteiger partial charge in [-0.25, -0.2) is 4.39 Å². The molecule has 0 atom stereocenters. The number of amides is 1. The number of hydrogen-bond acceptors (Lipinski definition) is 4. The van der Waals surface area contributed by atoms with Crippen molar-refractivity contribution in [2.75, 3.05) is 13.4 Å². The molecule has 1 aliphatic heterocycles. The first-order valence-corrected chi connectivity index (χ1v) is 10.8. The maximum Gasteiger partial charge on any atom is 0.268 e. The van der Waals surface area contributed by atoms with Gasteiger partial charge in [-0.3, -0.25) is 4.79 Å². The predicted octanol–water partition coefficient (Wildman–Crippen LogP) is 4.89. The SMILES string of the molecule is CCOc1cccc2c1cc(C(=O)NCc1ccc3c(c1)OCO3)n2Cc1cccc(F)c1. The molecule has 0 radical (unpaired) electrons. The Balaban J connectivity index is 1.47. The summed E-state index contributed by atoms with van der Waals surface area (Å²) in [5.41, 5.74) is 2.98. The van der Waals surface area contributed by atoms with Crippen LogP contribution >= 0.6 is 0 Å². The number of aromatic nitrogens is 1. The molecule has 1 aliphatic rings. The van der Waals surface area contributed by atoms with Gasteiger partial charge in [0.2, 0.25) is 6.79 Å². The number of benzene rings is 3. The lowest BCUT2D eigenvalue weighted by molar-refractivity contribution is 0.0942. The van der Waals surface area contributed by atoms with Crippen LogP contribution in [0, 0.1) is 5.82 Å². The first-order valence-electron chi connectivity index (χ1n) is 10.8. The first-order chi connectivity index (χ1) is 16.1. The summed E-state index contributed by atoms with van der Waals surface area (Å²) in [5.74, 6) is 1.53. The molecule has 0 saturated carbocycles. The molecule has 0 unspecified atom stereocenters. The molecule has 3 aromatic carbocycles. The van der Waals surface area contributed by atoms with Crippen molar-refractivity contribution in [3.63, 3.8) is 0 Å². The highest BCUT2D eigenvalue weighted by Gasteiger charge is 2.19. The molecular weight excluding hydrogens is 423 g/mol. The molecule has 0 saturated heterocycles. The van der Waals surface area contributed by atoms with E-state index in [1.54, 1.807) is 6.07 Å². The quantitative estimate of drug-likeness (QED) is 0.439. The van der Waals surface area contributed by atoms with E-state index in [9.17, 15) is 9.18 Å². The molecule has 5 rings (SSSR count). The zero-order valence-corrected chi connectivity index (χ0v) is 18.1. The molecule has 168 valence electrons. The monoisotopic (exact) mass is 446 g/mol. The summed E-state index contributed by atoms with van der Waals surface area (Å²) in [6, 6.07) is 19.5. The number of hydrogen-bond donors (Lipinski definition) is 1. The van der Waals surface area contributed by atoms with E-state index >= 15 is 0 Å². The number of carbonyl (C=O) groups excluding carboxylic acids is 1. The fourth-order valence-corrected chi connectivity index (χ4v) is 4.04. The number of ether oxygens (including phenoxy) is 3. The zero-order chi connectivity index (χ0) is 22.8. The van der Waals surface area contributed by atoms with Gasteiger partial charge in [0.05, 0.1) is 12.1 Å². The Morgan fingerprint density at radius 3 is 2.73 bits per heavy atom. The number of fused-ring (bicyclic) bond motifs is 2. The van der Waals surface area contributed by atoms with Crippen molar-refractivity contribution in [3.05, 3.63) is 89.4 Å². The third kappa shape index (κ3) is 4.22. The normalized spacial score (nSPS) is 12.2. The molecule has 0 spiro atoms. The average Bonchev–Trinajstić information content (AvgIpc) is 3.43.